The standard InChI is InChI=1S/C20H24FNO4S/c1-15-5-7-16(8-6-15)13-22(14-19(23)26-20(2,3)4)27(24,25)18-11-9-17(21)10-12-18/h5-12H,13-14H2,1-4H3. The van der Waals surface area contributed by atoms with Gasteiger partial charge in [0, 0.05) is 6.54 Å². The minimum atomic E-state index is -4.01. The third-order valence-electron chi connectivity index (χ3n) is 3.66. The summed E-state index contributed by atoms with van der Waals surface area (Å²) in [4.78, 5) is 12.2. The monoisotopic (exact) mass is 393 g/mol. The van der Waals surface area contributed by atoms with Gasteiger partial charge in [0.2, 0.25) is 10.0 Å². The van der Waals surface area contributed by atoms with Gasteiger partial charge >= 0.3 is 5.97 Å². The van der Waals surface area contributed by atoms with E-state index < -0.39 is 34.0 Å². The molecule has 0 aliphatic carbocycles. The van der Waals surface area contributed by atoms with Gasteiger partial charge in [0.1, 0.15) is 18.0 Å². The van der Waals surface area contributed by atoms with Crippen molar-refractivity contribution in [1.29, 1.82) is 0 Å². The molecule has 0 aliphatic heterocycles. The summed E-state index contributed by atoms with van der Waals surface area (Å²) in [6, 6.07) is 11.9. The molecule has 0 saturated heterocycles. The van der Waals surface area contributed by atoms with Gasteiger partial charge in [-0.05, 0) is 57.5 Å². The summed E-state index contributed by atoms with van der Waals surface area (Å²) < 4.78 is 45.5. The van der Waals surface area contributed by atoms with Gasteiger partial charge in [-0.1, -0.05) is 29.8 Å². The highest BCUT2D eigenvalue weighted by Gasteiger charge is 2.29. The van der Waals surface area contributed by atoms with E-state index in [1.165, 1.54) is 12.1 Å². The predicted octanol–water partition coefficient (Wildman–Crippen LogP) is 3.67. The van der Waals surface area contributed by atoms with E-state index in [1.807, 2.05) is 19.1 Å². The normalized spacial score (nSPS) is 12.2. The summed E-state index contributed by atoms with van der Waals surface area (Å²) >= 11 is 0. The van der Waals surface area contributed by atoms with E-state index in [9.17, 15) is 17.6 Å². The Morgan fingerprint density at radius 3 is 2.11 bits per heavy atom. The van der Waals surface area contributed by atoms with Crippen molar-refractivity contribution in [3.05, 3.63) is 65.5 Å². The Balaban J connectivity index is 2.34. The average molecular weight is 393 g/mol. The van der Waals surface area contributed by atoms with Crippen LogP contribution in [0.15, 0.2) is 53.4 Å². The van der Waals surface area contributed by atoms with E-state index in [4.69, 9.17) is 4.74 Å². The van der Waals surface area contributed by atoms with Gasteiger partial charge in [-0.15, -0.1) is 0 Å². The number of benzene rings is 2. The number of carbonyl (C=O) groups excluding carboxylic acids is 1. The van der Waals surface area contributed by atoms with Crippen molar-refractivity contribution in [3.8, 4) is 0 Å². The number of nitrogens with zero attached hydrogens (tertiary/aromatic N) is 1. The van der Waals surface area contributed by atoms with Crippen LogP contribution in [0.1, 0.15) is 31.9 Å². The lowest BCUT2D eigenvalue weighted by Gasteiger charge is -2.25. The first-order valence-electron chi connectivity index (χ1n) is 8.50. The highest BCUT2D eigenvalue weighted by Crippen LogP contribution is 2.20. The van der Waals surface area contributed by atoms with Crippen LogP contribution in [0.2, 0.25) is 0 Å². The first-order chi connectivity index (χ1) is 12.5. The van der Waals surface area contributed by atoms with E-state index in [-0.39, 0.29) is 11.4 Å². The van der Waals surface area contributed by atoms with Crippen LogP contribution in [0.25, 0.3) is 0 Å². The topological polar surface area (TPSA) is 63.7 Å². The molecule has 0 N–H and O–H groups in total. The van der Waals surface area contributed by atoms with E-state index in [0.717, 1.165) is 27.6 Å². The second kappa shape index (κ2) is 8.19. The molecule has 5 nitrogen and oxygen atoms in total. The molecular formula is C20H24FNO4S. The molecule has 2 aromatic rings. The lowest BCUT2D eigenvalue weighted by Crippen LogP contribution is -2.38. The van der Waals surface area contributed by atoms with Crippen LogP contribution >= 0.6 is 0 Å². The maximum absolute atomic E-state index is 13.2. The van der Waals surface area contributed by atoms with Gasteiger partial charge < -0.3 is 4.74 Å². The van der Waals surface area contributed by atoms with Crippen LogP contribution in [0.3, 0.4) is 0 Å². The van der Waals surface area contributed by atoms with Crippen LogP contribution in [0, 0.1) is 12.7 Å². The molecule has 0 amide bonds. The number of carbonyl (C=O) groups is 1. The largest absolute Gasteiger partial charge is 0.459 e. The maximum atomic E-state index is 13.2. The van der Waals surface area contributed by atoms with Crippen LogP contribution in [-0.2, 0) is 26.1 Å². The number of esters is 1. The van der Waals surface area contributed by atoms with Crippen molar-refractivity contribution in [3.63, 3.8) is 0 Å². The summed E-state index contributed by atoms with van der Waals surface area (Å²) in [6.45, 7) is 6.62. The lowest BCUT2D eigenvalue weighted by atomic mass is 10.1. The zero-order chi connectivity index (χ0) is 20.2. The van der Waals surface area contributed by atoms with Crippen LogP contribution in [0.4, 0.5) is 4.39 Å². The number of hydrogen-bond acceptors (Lipinski definition) is 4. The van der Waals surface area contributed by atoms with Gasteiger partial charge in [0.15, 0.2) is 0 Å². The average Bonchev–Trinajstić information content (AvgIpc) is 2.55. The van der Waals surface area contributed by atoms with Gasteiger partial charge in [-0.25, -0.2) is 12.8 Å². The van der Waals surface area contributed by atoms with Crippen molar-refractivity contribution in [2.24, 2.45) is 0 Å². The molecule has 0 fully saturated rings. The van der Waals surface area contributed by atoms with E-state index in [1.54, 1.807) is 32.9 Å². The molecule has 0 atom stereocenters. The fourth-order valence-corrected chi connectivity index (χ4v) is 3.77. The van der Waals surface area contributed by atoms with Crippen LogP contribution < -0.4 is 0 Å². The Morgan fingerprint density at radius 2 is 1.59 bits per heavy atom. The fraction of sp³-hybridized carbons (Fsp3) is 0.350. The minimum absolute atomic E-state index is 0.000761. The molecular weight excluding hydrogens is 369 g/mol. The lowest BCUT2D eigenvalue weighted by molar-refractivity contribution is -0.155. The Bertz CT molecular complexity index is 885. The van der Waals surface area contributed by atoms with Crippen molar-refractivity contribution < 1.29 is 22.3 Å². The van der Waals surface area contributed by atoms with E-state index in [2.05, 4.69) is 0 Å². The summed E-state index contributed by atoms with van der Waals surface area (Å²) in [5.41, 5.74) is 1.04. The number of hydrogen-bond donors (Lipinski definition) is 0. The summed E-state index contributed by atoms with van der Waals surface area (Å²) in [5.74, 6) is -1.19. The van der Waals surface area contributed by atoms with Gasteiger partial charge in [0.25, 0.3) is 0 Å². The number of halogens is 1. The molecule has 0 saturated carbocycles. The predicted molar refractivity (Wildman–Crippen MR) is 101 cm³/mol. The molecule has 2 rings (SSSR count). The third kappa shape index (κ3) is 6.15. The van der Waals surface area contributed by atoms with Gasteiger partial charge in [-0.2, -0.15) is 4.31 Å². The molecule has 7 heteroatoms. The van der Waals surface area contributed by atoms with E-state index >= 15 is 0 Å². The summed E-state index contributed by atoms with van der Waals surface area (Å²) in [5, 5.41) is 0. The number of ether oxygens (including phenoxy) is 1. The molecule has 146 valence electrons. The van der Waals surface area contributed by atoms with Crippen LogP contribution in [0.5, 0.6) is 0 Å². The molecule has 0 bridgehead atoms. The van der Waals surface area contributed by atoms with Crippen molar-refractivity contribution >= 4 is 16.0 Å². The second-order valence-electron chi connectivity index (χ2n) is 7.30. The number of sulfonamides is 1. The molecule has 0 aliphatic rings. The molecule has 0 spiro atoms. The fourth-order valence-electron chi connectivity index (χ4n) is 2.40. The minimum Gasteiger partial charge on any atom is -0.459 e. The smallest absolute Gasteiger partial charge is 0.321 e. The van der Waals surface area contributed by atoms with Crippen molar-refractivity contribution in [2.75, 3.05) is 6.54 Å². The zero-order valence-electron chi connectivity index (χ0n) is 15.9. The molecule has 2 aromatic carbocycles. The maximum Gasteiger partial charge on any atom is 0.321 e. The molecule has 0 aromatic heterocycles. The van der Waals surface area contributed by atoms with Gasteiger partial charge in [0.05, 0.1) is 4.90 Å². The summed E-state index contributed by atoms with van der Waals surface area (Å²) in [6.07, 6.45) is 0. The molecule has 0 unspecified atom stereocenters. The van der Waals surface area contributed by atoms with Crippen molar-refractivity contribution in [1.82, 2.24) is 4.31 Å². The Labute approximate surface area is 159 Å². The number of rotatable bonds is 6. The SMILES string of the molecule is Cc1ccc(CN(CC(=O)OC(C)(C)C)S(=O)(=O)c2ccc(F)cc2)cc1. The quantitative estimate of drug-likeness (QED) is 0.703. The first kappa shape index (κ1) is 21.1. The highest BCUT2D eigenvalue weighted by atomic mass is 32.2. The Morgan fingerprint density at radius 1 is 1.04 bits per heavy atom. The second-order valence-corrected chi connectivity index (χ2v) is 9.24. The highest BCUT2D eigenvalue weighted by molar-refractivity contribution is 7.89. The molecule has 0 radical (unpaired) electrons. The molecule has 27 heavy (non-hydrogen) atoms. The van der Waals surface area contributed by atoms with E-state index in [0.29, 0.717) is 0 Å². The van der Waals surface area contributed by atoms with Crippen molar-refractivity contribution in [2.45, 2.75) is 44.7 Å². The first-order valence-corrected chi connectivity index (χ1v) is 9.94. The van der Waals surface area contributed by atoms with Crippen LogP contribution in [-0.4, -0.2) is 30.8 Å². The summed E-state index contributed by atoms with van der Waals surface area (Å²) in [7, 11) is -4.01. The third-order valence-corrected chi connectivity index (χ3v) is 5.46. The zero-order valence-corrected chi connectivity index (χ0v) is 16.7. The Kier molecular flexibility index (Phi) is 6.38. The number of aryl methyl sites for hydroxylation is 1. The molecule has 0 heterocycles. The van der Waals surface area contributed by atoms with Gasteiger partial charge in [-0.3, -0.25) is 4.79 Å². The Hall–Kier alpha value is -2.25.